The fourth-order valence-corrected chi connectivity index (χ4v) is 1.57. The number of esters is 1. The highest BCUT2D eigenvalue weighted by Crippen LogP contribution is 2.22. The molecule has 0 unspecified atom stereocenters. The molecule has 0 radical (unpaired) electrons. The van der Waals surface area contributed by atoms with Gasteiger partial charge in [-0.05, 0) is 37.1 Å². The van der Waals surface area contributed by atoms with Crippen LogP contribution >= 0.6 is 0 Å². The number of benzene rings is 1. The van der Waals surface area contributed by atoms with Crippen molar-refractivity contribution >= 4 is 17.6 Å². The fraction of sp³-hybridized carbons (Fsp3) is 0.333. The Hall–Kier alpha value is -1.84. The topological polar surface area (TPSA) is 55.4 Å². The number of carbonyl (C=O) groups excluding carboxylic acids is 2. The van der Waals surface area contributed by atoms with Crippen molar-refractivity contribution in [2.75, 3.05) is 12.4 Å². The number of rotatable bonds is 2. The molecule has 4 nitrogen and oxygen atoms in total. The predicted octanol–water partition coefficient (Wildman–Crippen LogP) is 2.05. The van der Waals surface area contributed by atoms with Gasteiger partial charge in [0, 0.05) is 12.6 Å². The molecule has 1 N–H and O–H groups in total. The molecular formula is C12H15NO3. The van der Waals surface area contributed by atoms with Crippen LogP contribution in [0.2, 0.25) is 0 Å². The quantitative estimate of drug-likeness (QED) is 0.777. The van der Waals surface area contributed by atoms with Gasteiger partial charge in [-0.2, -0.15) is 0 Å². The smallest absolute Gasteiger partial charge is 0.337 e. The van der Waals surface area contributed by atoms with Gasteiger partial charge in [-0.25, -0.2) is 4.79 Å². The maximum atomic E-state index is 11.3. The van der Waals surface area contributed by atoms with Gasteiger partial charge in [-0.1, -0.05) is 0 Å². The van der Waals surface area contributed by atoms with Gasteiger partial charge in [0.2, 0.25) is 5.91 Å². The van der Waals surface area contributed by atoms with Crippen LogP contribution in [0.4, 0.5) is 5.69 Å². The Bertz CT molecular complexity index is 415. The van der Waals surface area contributed by atoms with E-state index < -0.39 is 0 Å². The van der Waals surface area contributed by atoms with Crippen LogP contribution in [-0.2, 0) is 9.53 Å². The first kappa shape index (κ1) is 12.2. The summed E-state index contributed by atoms with van der Waals surface area (Å²) < 4.78 is 4.64. The molecule has 0 aliphatic rings. The molecule has 0 heterocycles. The van der Waals surface area contributed by atoms with Crippen LogP contribution in [0.15, 0.2) is 12.1 Å². The highest BCUT2D eigenvalue weighted by atomic mass is 16.5. The summed E-state index contributed by atoms with van der Waals surface area (Å²) in [5.74, 6) is -0.502. The van der Waals surface area contributed by atoms with E-state index in [1.807, 2.05) is 13.8 Å². The van der Waals surface area contributed by atoms with Gasteiger partial charge in [0.15, 0.2) is 0 Å². The Morgan fingerprint density at radius 3 is 2.06 bits per heavy atom. The summed E-state index contributed by atoms with van der Waals surface area (Å²) in [4.78, 5) is 22.3. The standard InChI is InChI=1S/C12H15NO3/c1-7-5-10(12(15)16-4)6-8(2)11(7)13-9(3)14/h5-6H,1-4H3,(H,13,14). The number of methoxy groups -OCH3 is 1. The summed E-state index contributed by atoms with van der Waals surface area (Å²) in [6.45, 7) is 5.13. The number of carbonyl (C=O) groups is 2. The fourth-order valence-electron chi connectivity index (χ4n) is 1.57. The molecule has 1 rings (SSSR count). The molecule has 0 bridgehead atoms. The highest BCUT2D eigenvalue weighted by Gasteiger charge is 2.11. The summed E-state index contributed by atoms with van der Waals surface area (Å²) in [7, 11) is 1.34. The largest absolute Gasteiger partial charge is 0.465 e. The van der Waals surface area contributed by atoms with Crippen molar-refractivity contribution in [2.45, 2.75) is 20.8 Å². The Morgan fingerprint density at radius 1 is 1.19 bits per heavy atom. The Labute approximate surface area is 94.6 Å². The molecule has 0 aliphatic heterocycles. The number of amides is 1. The molecule has 0 fully saturated rings. The first-order valence-corrected chi connectivity index (χ1v) is 4.93. The summed E-state index contributed by atoms with van der Waals surface area (Å²) in [6, 6.07) is 3.40. The summed E-state index contributed by atoms with van der Waals surface area (Å²) in [6.07, 6.45) is 0. The van der Waals surface area contributed by atoms with Gasteiger partial charge >= 0.3 is 5.97 Å². The first-order valence-electron chi connectivity index (χ1n) is 4.93. The summed E-state index contributed by atoms with van der Waals surface area (Å²) in [5, 5.41) is 2.73. The van der Waals surface area contributed by atoms with Crippen molar-refractivity contribution in [2.24, 2.45) is 0 Å². The lowest BCUT2D eigenvalue weighted by Gasteiger charge is -2.11. The zero-order valence-corrected chi connectivity index (χ0v) is 9.88. The van der Waals surface area contributed by atoms with E-state index in [0.29, 0.717) is 5.56 Å². The maximum absolute atomic E-state index is 11.3. The van der Waals surface area contributed by atoms with Crippen molar-refractivity contribution < 1.29 is 14.3 Å². The SMILES string of the molecule is COC(=O)c1cc(C)c(NC(C)=O)c(C)c1. The van der Waals surface area contributed by atoms with Crippen molar-refractivity contribution in [3.8, 4) is 0 Å². The van der Waals surface area contributed by atoms with Gasteiger partial charge in [-0.15, -0.1) is 0 Å². The summed E-state index contributed by atoms with van der Waals surface area (Å²) >= 11 is 0. The molecule has 0 saturated carbocycles. The third kappa shape index (κ3) is 2.59. The predicted molar refractivity (Wildman–Crippen MR) is 61.6 cm³/mol. The average Bonchev–Trinajstić information content (AvgIpc) is 2.21. The van der Waals surface area contributed by atoms with Gasteiger partial charge in [-0.3, -0.25) is 4.79 Å². The number of hydrogen-bond donors (Lipinski definition) is 1. The van der Waals surface area contributed by atoms with Crippen molar-refractivity contribution in [1.29, 1.82) is 0 Å². The number of hydrogen-bond acceptors (Lipinski definition) is 3. The first-order chi connectivity index (χ1) is 7.45. The van der Waals surface area contributed by atoms with Crippen LogP contribution in [0.3, 0.4) is 0 Å². The molecule has 1 aromatic carbocycles. The lowest BCUT2D eigenvalue weighted by molar-refractivity contribution is -0.114. The van der Waals surface area contributed by atoms with E-state index >= 15 is 0 Å². The van der Waals surface area contributed by atoms with E-state index in [0.717, 1.165) is 16.8 Å². The Morgan fingerprint density at radius 2 is 1.69 bits per heavy atom. The molecule has 1 aromatic rings. The van der Waals surface area contributed by atoms with Gasteiger partial charge < -0.3 is 10.1 Å². The van der Waals surface area contributed by atoms with Crippen LogP contribution < -0.4 is 5.32 Å². The minimum absolute atomic E-state index is 0.128. The van der Waals surface area contributed by atoms with E-state index in [1.54, 1.807) is 12.1 Å². The molecule has 16 heavy (non-hydrogen) atoms. The highest BCUT2D eigenvalue weighted by molar-refractivity contribution is 5.94. The number of ether oxygens (including phenoxy) is 1. The number of anilines is 1. The molecule has 4 heteroatoms. The summed E-state index contributed by atoms with van der Waals surface area (Å²) in [5.41, 5.74) is 2.93. The van der Waals surface area contributed by atoms with E-state index in [2.05, 4.69) is 10.1 Å². The van der Waals surface area contributed by atoms with Crippen LogP contribution in [0.5, 0.6) is 0 Å². The van der Waals surface area contributed by atoms with Gasteiger partial charge in [0.1, 0.15) is 0 Å². The zero-order chi connectivity index (χ0) is 12.3. The molecule has 0 aromatic heterocycles. The molecule has 0 atom stereocenters. The molecule has 86 valence electrons. The molecule has 0 aliphatic carbocycles. The van der Waals surface area contributed by atoms with Crippen LogP contribution in [0.1, 0.15) is 28.4 Å². The molecule has 0 spiro atoms. The van der Waals surface area contributed by atoms with E-state index in [1.165, 1.54) is 14.0 Å². The minimum atomic E-state index is -0.374. The second-order valence-electron chi connectivity index (χ2n) is 3.66. The third-order valence-electron chi connectivity index (χ3n) is 2.25. The zero-order valence-electron chi connectivity index (χ0n) is 9.88. The van der Waals surface area contributed by atoms with Crippen molar-refractivity contribution in [3.05, 3.63) is 28.8 Å². The average molecular weight is 221 g/mol. The number of nitrogens with one attached hydrogen (secondary N) is 1. The van der Waals surface area contributed by atoms with E-state index in [4.69, 9.17) is 0 Å². The van der Waals surface area contributed by atoms with Crippen molar-refractivity contribution in [1.82, 2.24) is 0 Å². The Kier molecular flexibility index (Phi) is 3.66. The Balaban J connectivity index is 3.17. The van der Waals surface area contributed by atoms with E-state index in [-0.39, 0.29) is 11.9 Å². The minimum Gasteiger partial charge on any atom is -0.465 e. The van der Waals surface area contributed by atoms with Gasteiger partial charge in [0.05, 0.1) is 12.7 Å². The lowest BCUT2D eigenvalue weighted by atomic mass is 10.0. The number of aryl methyl sites for hydroxylation is 2. The van der Waals surface area contributed by atoms with Crippen LogP contribution in [0, 0.1) is 13.8 Å². The lowest BCUT2D eigenvalue weighted by Crippen LogP contribution is -2.10. The van der Waals surface area contributed by atoms with Gasteiger partial charge in [0.25, 0.3) is 0 Å². The molecule has 0 saturated heterocycles. The maximum Gasteiger partial charge on any atom is 0.337 e. The second kappa shape index (κ2) is 4.79. The second-order valence-corrected chi connectivity index (χ2v) is 3.66. The van der Waals surface area contributed by atoms with Crippen molar-refractivity contribution in [3.63, 3.8) is 0 Å². The van der Waals surface area contributed by atoms with E-state index in [9.17, 15) is 9.59 Å². The third-order valence-corrected chi connectivity index (χ3v) is 2.25. The normalized spacial score (nSPS) is 9.75. The molecule has 1 amide bonds. The monoisotopic (exact) mass is 221 g/mol. The van der Waals surface area contributed by atoms with Crippen LogP contribution in [0.25, 0.3) is 0 Å². The molecular weight excluding hydrogens is 206 g/mol. The van der Waals surface area contributed by atoms with Crippen LogP contribution in [-0.4, -0.2) is 19.0 Å².